The second kappa shape index (κ2) is 8.73. The highest BCUT2D eigenvalue weighted by Crippen LogP contribution is 2.17. The lowest BCUT2D eigenvalue weighted by Gasteiger charge is -2.38. The quantitative estimate of drug-likeness (QED) is 0.838. The van der Waals surface area contributed by atoms with Crippen LogP contribution >= 0.6 is 11.6 Å². The molecule has 0 spiro atoms. The molecule has 1 heterocycles. The zero-order valence-electron chi connectivity index (χ0n) is 16.3. The van der Waals surface area contributed by atoms with Crippen LogP contribution in [0.5, 0.6) is 0 Å². The van der Waals surface area contributed by atoms with Gasteiger partial charge in [-0.25, -0.2) is 0 Å². The molecule has 0 aliphatic carbocycles. The molecule has 1 aliphatic heterocycles. The number of hydrogen-bond donors (Lipinski definition) is 1. The predicted molar refractivity (Wildman–Crippen MR) is 105 cm³/mol. The van der Waals surface area contributed by atoms with Crippen molar-refractivity contribution in [1.82, 2.24) is 15.1 Å². The lowest BCUT2D eigenvalue weighted by Crippen LogP contribution is -2.58. The van der Waals surface area contributed by atoms with Crippen LogP contribution in [-0.2, 0) is 4.79 Å². The Bertz CT molecular complexity index is 738. The molecule has 2 atom stereocenters. The largest absolute Gasteiger partial charge is 0.336 e. The Labute approximate surface area is 166 Å². The molecule has 27 heavy (non-hydrogen) atoms. The Morgan fingerprint density at radius 1 is 1.22 bits per heavy atom. The monoisotopic (exact) mass is 390 g/mol. The highest BCUT2D eigenvalue weighted by molar-refractivity contribution is 6.30. The fraction of sp³-hybridized carbons (Fsp3) is 0.550. The fourth-order valence-electron chi connectivity index (χ4n) is 2.94. The van der Waals surface area contributed by atoms with Crippen LogP contribution in [0, 0.1) is 17.2 Å². The molecule has 0 radical (unpaired) electrons. The van der Waals surface area contributed by atoms with E-state index in [9.17, 15) is 14.9 Å². The van der Waals surface area contributed by atoms with Crippen molar-refractivity contribution in [2.24, 2.45) is 5.92 Å². The van der Waals surface area contributed by atoms with Crippen LogP contribution in [0.1, 0.15) is 38.1 Å². The third-order valence-electron chi connectivity index (χ3n) is 5.37. The SMILES string of the molecule is CC(C)[C@@](C)(C#N)NC(=O)[C@H](C)N1CCN(C(=O)c2cccc(Cl)c2)CC1. The topological polar surface area (TPSA) is 76.4 Å². The van der Waals surface area contributed by atoms with Crippen molar-refractivity contribution in [2.75, 3.05) is 26.2 Å². The number of benzene rings is 1. The van der Waals surface area contributed by atoms with Crippen molar-refractivity contribution < 1.29 is 9.59 Å². The molecule has 1 fully saturated rings. The summed E-state index contributed by atoms with van der Waals surface area (Å²) in [5.41, 5.74) is -0.320. The van der Waals surface area contributed by atoms with E-state index in [1.54, 1.807) is 36.1 Å². The summed E-state index contributed by atoms with van der Waals surface area (Å²) in [5.74, 6) is -0.209. The molecule has 1 aromatic carbocycles. The smallest absolute Gasteiger partial charge is 0.253 e. The van der Waals surface area contributed by atoms with Crippen LogP contribution in [0.15, 0.2) is 24.3 Å². The standard InChI is InChI=1S/C20H27ClN4O2/c1-14(2)20(4,13-22)23-18(26)15(3)24-8-10-25(11-9-24)19(27)16-6-5-7-17(21)12-16/h5-7,12,14-15H,8-11H2,1-4H3,(H,23,26)/t15-,20+/m0/s1. The Morgan fingerprint density at radius 3 is 2.37 bits per heavy atom. The predicted octanol–water partition coefficient (Wildman–Crippen LogP) is 2.54. The number of hydrogen-bond acceptors (Lipinski definition) is 4. The Morgan fingerprint density at radius 2 is 1.85 bits per heavy atom. The molecule has 146 valence electrons. The Hall–Kier alpha value is -2.10. The number of nitrogens with one attached hydrogen (secondary N) is 1. The molecule has 7 heteroatoms. The number of amides is 2. The van der Waals surface area contributed by atoms with Crippen molar-refractivity contribution in [3.8, 4) is 6.07 Å². The first-order valence-electron chi connectivity index (χ1n) is 9.20. The molecule has 2 amide bonds. The number of nitriles is 1. The minimum absolute atomic E-state index is 0.00538. The summed E-state index contributed by atoms with van der Waals surface area (Å²) in [6.45, 7) is 9.69. The number of halogens is 1. The van der Waals surface area contributed by atoms with Gasteiger partial charge in [-0.15, -0.1) is 0 Å². The van der Waals surface area contributed by atoms with Gasteiger partial charge < -0.3 is 10.2 Å². The lowest BCUT2D eigenvalue weighted by atomic mass is 9.89. The van der Waals surface area contributed by atoms with E-state index in [-0.39, 0.29) is 23.8 Å². The molecule has 2 rings (SSSR count). The normalized spacial score (nSPS) is 18.5. The van der Waals surface area contributed by atoms with Gasteiger partial charge in [0, 0.05) is 36.8 Å². The fourth-order valence-corrected chi connectivity index (χ4v) is 3.13. The molecule has 0 unspecified atom stereocenters. The number of nitrogens with zero attached hydrogens (tertiary/aromatic N) is 3. The van der Waals surface area contributed by atoms with Gasteiger partial charge in [0.25, 0.3) is 5.91 Å². The van der Waals surface area contributed by atoms with Crippen LogP contribution in [-0.4, -0.2) is 59.4 Å². The van der Waals surface area contributed by atoms with Gasteiger partial charge in [-0.2, -0.15) is 5.26 Å². The number of carbonyl (C=O) groups is 2. The molecule has 1 N–H and O–H groups in total. The van der Waals surface area contributed by atoms with Gasteiger partial charge in [0.2, 0.25) is 5.91 Å². The van der Waals surface area contributed by atoms with E-state index in [1.807, 2.05) is 25.7 Å². The number of rotatable bonds is 5. The van der Waals surface area contributed by atoms with Crippen LogP contribution < -0.4 is 5.32 Å². The minimum Gasteiger partial charge on any atom is -0.336 e. The summed E-state index contributed by atoms with van der Waals surface area (Å²) in [7, 11) is 0. The lowest BCUT2D eigenvalue weighted by molar-refractivity contribution is -0.128. The highest BCUT2D eigenvalue weighted by Gasteiger charge is 2.34. The summed E-state index contributed by atoms with van der Waals surface area (Å²) in [4.78, 5) is 29.0. The highest BCUT2D eigenvalue weighted by atomic mass is 35.5. The maximum atomic E-state index is 12.6. The molecule has 0 saturated carbocycles. The van der Waals surface area contributed by atoms with Crippen molar-refractivity contribution >= 4 is 23.4 Å². The zero-order chi connectivity index (χ0) is 20.2. The van der Waals surface area contributed by atoms with Crippen LogP contribution in [0.25, 0.3) is 0 Å². The van der Waals surface area contributed by atoms with E-state index in [0.29, 0.717) is 36.8 Å². The van der Waals surface area contributed by atoms with Crippen molar-refractivity contribution in [1.29, 1.82) is 5.26 Å². The summed E-state index contributed by atoms with van der Waals surface area (Å²) < 4.78 is 0. The first kappa shape index (κ1) is 21.2. The molecule has 6 nitrogen and oxygen atoms in total. The summed E-state index contributed by atoms with van der Waals surface area (Å²) in [6, 6.07) is 8.76. The van der Waals surface area contributed by atoms with Gasteiger partial charge in [0.05, 0.1) is 12.1 Å². The van der Waals surface area contributed by atoms with E-state index >= 15 is 0 Å². The van der Waals surface area contributed by atoms with E-state index in [2.05, 4.69) is 11.4 Å². The molecular weight excluding hydrogens is 364 g/mol. The number of piperazine rings is 1. The van der Waals surface area contributed by atoms with Crippen LogP contribution in [0.2, 0.25) is 5.02 Å². The summed E-state index contributed by atoms with van der Waals surface area (Å²) in [6.07, 6.45) is 0. The van der Waals surface area contributed by atoms with Crippen molar-refractivity contribution in [2.45, 2.75) is 39.3 Å². The van der Waals surface area contributed by atoms with Crippen LogP contribution in [0.3, 0.4) is 0 Å². The van der Waals surface area contributed by atoms with Gasteiger partial charge in [-0.1, -0.05) is 31.5 Å². The summed E-state index contributed by atoms with van der Waals surface area (Å²) in [5, 5.41) is 12.8. The minimum atomic E-state index is -0.893. The van der Waals surface area contributed by atoms with E-state index in [1.165, 1.54) is 0 Å². The van der Waals surface area contributed by atoms with Gasteiger partial charge >= 0.3 is 0 Å². The maximum absolute atomic E-state index is 12.6. The average molecular weight is 391 g/mol. The third-order valence-corrected chi connectivity index (χ3v) is 5.61. The van der Waals surface area contributed by atoms with E-state index in [0.717, 1.165) is 0 Å². The van der Waals surface area contributed by atoms with Crippen molar-refractivity contribution in [3.05, 3.63) is 34.9 Å². The van der Waals surface area contributed by atoms with E-state index in [4.69, 9.17) is 11.6 Å². The molecule has 0 aromatic heterocycles. The first-order valence-corrected chi connectivity index (χ1v) is 9.58. The third kappa shape index (κ3) is 5.00. The van der Waals surface area contributed by atoms with Crippen LogP contribution in [0.4, 0.5) is 0 Å². The molecule has 0 bridgehead atoms. The second-order valence-electron chi connectivity index (χ2n) is 7.47. The zero-order valence-corrected chi connectivity index (χ0v) is 17.1. The average Bonchev–Trinajstić information content (AvgIpc) is 2.66. The molecule has 1 saturated heterocycles. The van der Waals surface area contributed by atoms with Crippen molar-refractivity contribution in [3.63, 3.8) is 0 Å². The van der Waals surface area contributed by atoms with Gasteiger partial charge in [0.15, 0.2) is 0 Å². The Balaban J connectivity index is 1.94. The number of carbonyl (C=O) groups excluding carboxylic acids is 2. The second-order valence-corrected chi connectivity index (χ2v) is 7.91. The van der Waals surface area contributed by atoms with Gasteiger partial charge in [-0.05, 0) is 38.0 Å². The first-order chi connectivity index (χ1) is 12.7. The van der Waals surface area contributed by atoms with Gasteiger partial charge in [0.1, 0.15) is 5.54 Å². The molecular formula is C20H27ClN4O2. The molecule has 1 aromatic rings. The maximum Gasteiger partial charge on any atom is 0.253 e. The van der Waals surface area contributed by atoms with Gasteiger partial charge in [-0.3, -0.25) is 14.5 Å². The summed E-state index contributed by atoms with van der Waals surface area (Å²) >= 11 is 5.97. The Kier molecular flexibility index (Phi) is 6.85. The van der Waals surface area contributed by atoms with E-state index < -0.39 is 5.54 Å². The molecule has 1 aliphatic rings.